The Morgan fingerprint density at radius 1 is 1.20 bits per heavy atom. The smallest absolute Gasteiger partial charge is 0.407 e. The topological polar surface area (TPSA) is 166 Å². The lowest BCUT2D eigenvalue weighted by atomic mass is 10.0. The molecule has 0 bridgehead atoms. The molecule has 5 rings (SSSR count). The highest BCUT2D eigenvalue weighted by Gasteiger charge is 2.44. The van der Waals surface area contributed by atoms with Crippen LogP contribution in [-0.2, 0) is 30.7 Å². The van der Waals surface area contributed by atoms with Crippen LogP contribution in [0.15, 0.2) is 57.8 Å². The van der Waals surface area contributed by atoms with Gasteiger partial charge in [0, 0.05) is 13.1 Å². The Bertz CT molecular complexity index is 1450. The number of fused-ring (bicyclic) bond motifs is 2. The van der Waals surface area contributed by atoms with E-state index in [4.69, 9.17) is 24.4 Å². The van der Waals surface area contributed by atoms with Crippen LogP contribution in [0.2, 0.25) is 0 Å². The summed E-state index contributed by atoms with van der Waals surface area (Å²) in [5.41, 5.74) is 7.16. The molecule has 0 radical (unpaired) electrons. The molecule has 222 valence electrons. The van der Waals surface area contributed by atoms with E-state index in [0.717, 1.165) is 12.0 Å². The first-order valence-corrected chi connectivity index (χ1v) is 15.1. The summed E-state index contributed by atoms with van der Waals surface area (Å²) in [5.74, 6) is -0.0832. The maximum absolute atomic E-state index is 13.8. The normalized spacial score (nSPS) is 22.2. The highest BCUT2D eigenvalue weighted by Crippen LogP contribution is 2.33. The minimum absolute atomic E-state index is 0.00676. The van der Waals surface area contributed by atoms with Crippen LogP contribution in [-0.4, -0.2) is 79.7 Å². The van der Waals surface area contributed by atoms with Crippen LogP contribution >= 0.6 is 0 Å². The highest BCUT2D eigenvalue weighted by atomic mass is 32.2. The average molecular weight is 589 g/mol. The Morgan fingerprint density at radius 3 is 2.73 bits per heavy atom. The highest BCUT2D eigenvalue weighted by molar-refractivity contribution is 7.89. The molecule has 2 fully saturated rings. The van der Waals surface area contributed by atoms with E-state index in [1.807, 2.05) is 44.2 Å². The van der Waals surface area contributed by atoms with E-state index in [-0.39, 0.29) is 55.2 Å². The van der Waals surface area contributed by atoms with Gasteiger partial charge in [0.05, 0.1) is 36.2 Å². The number of hydrogen-bond acceptors (Lipinski definition) is 10. The number of carbonyl (C=O) groups excluding carboxylic acids is 1. The molecular formula is C28H36N4O8S. The summed E-state index contributed by atoms with van der Waals surface area (Å²) in [6.45, 7) is 4.43. The molecule has 5 atom stereocenters. The second-order valence-corrected chi connectivity index (χ2v) is 12.8. The number of sulfonamides is 1. The third-order valence-electron chi connectivity index (χ3n) is 7.28. The van der Waals surface area contributed by atoms with E-state index in [1.54, 1.807) is 0 Å². The summed E-state index contributed by atoms with van der Waals surface area (Å²) < 4.78 is 50.8. The lowest BCUT2D eigenvalue weighted by Crippen LogP contribution is -2.51. The number of nitrogens with two attached hydrogens (primary N) is 1. The van der Waals surface area contributed by atoms with Crippen molar-refractivity contribution in [1.82, 2.24) is 14.6 Å². The van der Waals surface area contributed by atoms with Gasteiger partial charge in [-0.25, -0.2) is 13.2 Å². The first kappa shape index (κ1) is 29.3. The second-order valence-electron chi connectivity index (χ2n) is 10.9. The van der Waals surface area contributed by atoms with Crippen molar-refractivity contribution in [2.24, 2.45) is 11.8 Å². The second kappa shape index (κ2) is 12.3. The molecule has 2 aliphatic heterocycles. The Kier molecular flexibility index (Phi) is 8.80. The number of amides is 1. The maximum atomic E-state index is 13.8. The number of carbonyl (C=O) groups is 1. The fourth-order valence-corrected chi connectivity index (χ4v) is 6.91. The van der Waals surface area contributed by atoms with Crippen molar-refractivity contribution in [2.45, 2.75) is 56.1 Å². The maximum Gasteiger partial charge on any atom is 0.407 e. The summed E-state index contributed by atoms with van der Waals surface area (Å²) in [5, 5.41) is 14.2. The number of oxazole rings is 1. The monoisotopic (exact) mass is 588 g/mol. The number of aromatic nitrogens is 1. The molecule has 2 aliphatic rings. The van der Waals surface area contributed by atoms with Crippen molar-refractivity contribution in [3.05, 3.63) is 54.1 Å². The zero-order valence-electron chi connectivity index (χ0n) is 23.0. The standard InChI is InChI=1S/C28H36N4O8S/c1-17(2)14-32(41(35,36)19-8-9-24-22(13-19)30-27(29)39-24)15-23(33)21(12-18-6-4-3-5-7-18)31-28(34)40-25-16-38-26-20(25)10-11-37-26/h3-9,13,17,20-21,23,25-26,33H,10-12,14-16H2,1-2H3,(H2,29,30)(H,31,34)/t20?,21-,23+,25?,26?/m0/s1. The number of nitrogens with one attached hydrogen (secondary N) is 1. The van der Waals surface area contributed by atoms with Crippen LogP contribution in [0.1, 0.15) is 25.8 Å². The quantitative estimate of drug-likeness (QED) is 0.303. The van der Waals surface area contributed by atoms with Crippen molar-refractivity contribution >= 4 is 33.2 Å². The lowest BCUT2D eigenvalue weighted by Gasteiger charge is -2.31. The molecule has 3 heterocycles. The van der Waals surface area contributed by atoms with E-state index in [9.17, 15) is 18.3 Å². The van der Waals surface area contributed by atoms with Crippen molar-refractivity contribution in [3.63, 3.8) is 0 Å². The van der Waals surface area contributed by atoms with Gasteiger partial charge in [-0.1, -0.05) is 44.2 Å². The number of nitrogen functional groups attached to an aromatic ring is 1. The number of alkyl carbamates (subject to hydrolysis) is 1. The predicted octanol–water partition coefficient (Wildman–Crippen LogP) is 2.52. The molecule has 3 aromatic rings. The number of anilines is 1. The lowest BCUT2D eigenvalue weighted by molar-refractivity contribution is -0.0907. The zero-order chi connectivity index (χ0) is 29.1. The van der Waals surface area contributed by atoms with Gasteiger partial charge in [-0.05, 0) is 42.5 Å². The third kappa shape index (κ3) is 6.81. The number of hydrogen-bond donors (Lipinski definition) is 3. The Hall–Kier alpha value is -3.23. The van der Waals surface area contributed by atoms with Crippen molar-refractivity contribution in [3.8, 4) is 0 Å². The SMILES string of the molecule is CC(C)CN(C[C@@H](O)[C@H](Cc1ccccc1)NC(=O)OC1COC2OCCC12)S(=O)(=O)c1ccc2oc(N)nc2c1. The fraction of sp³-hybridized carbons (Fsp3) is 0.500. The number of nitrogens with zero attached hydrogens (tertiary/aromatic N) is 2. The van der Waals surface area contributed by atoms with Gasteiger partial charge in [-0.15, -0.1) is 0 Å². The van der Waals surface area contributed by atoms with Crippen molar-refractivity contribution in [1.29, 1.82) is 0 Å². The first-order chi connectivity index (χ1) is 19.6. The van der Waals surface area contributed by atoms with Gasteiger partial charge < -0.3 is 34.8 Å². The van der Waals surface area contributed by atoms with Gasteiger partial charge >= 0.3 is 6.09 Å². The number of rotatable bonds is 11. The molecule has 12 nitrogen and oxygen atoms in total. The van der Waals surface area contributed by atoms with Gasteiger partial charge in [0.1, 0.15) is 11.6 Å². The summed E-state index contributed by atoms with van der Waals surface area (Å²) >= 11 is 0. The minimum Gasteiger partial charge on any atom is -0.443 e. The van der Waals surface area contributed by atoms with E-state index in [0.29, 0.717) is 17.7 Å². The van der Waals surface area contributed by atoms with Crippen LogP contribution in [0.4, 0.5) is 10.8 Å². The van der Waals surface area contributed by atoms with Crippen LogP contribution < -0.4 is 11.1 Å². The first-order valence-electron chi connectivity index (χ1n) is 13.7. The van der Waals surface area contributed by atoms with Crippen LogP contribution in [0.3, 0.4) is 0 Å². The number of aliphatic hydroxyl groups is 1. The molecule has 13 heteroatoms. The van der Waals surface area contributed by atoms with Crippen LogP contribution in [0.25, 0.3) is 11.1 Å². The molecule has 4 N–H and O–H groups in total. The summed E-state index contributed by atoms with van der Waals surface area (Å²) in [6.07, 6.45) is -1.82. The van der Waals surface area contributed by atoms with Gasteiger partial charge in [0.2, 0.25) is 10.0 Å². The summed E-state index contributed by atoms with van der Waals surface area (Å²) in [4.78, 5) is 17.0. The molecule has 1 aromatic heterocycles. The molecule has 1 amide bonds. The molecule has 0 saturated carbocycles. The Labute approximate surface area is 238 Å². The molecule has 2 aromatic carbocycles. The Balaban J connectivity index is 1.35. The van der Waals surface area contributed by atoms with Gasteiger partial charge in [-0.2, -0.15) is 9.29 Å². The van der Waals surface area contributed by atoms with Gasteiger partial charge in [-0.3, -0.25) is 0 Å². The van der Waals surface area contributed by atoms with Crippen molar-refractivity contribution < 1.29 is 36.9 Å². The number of ether oxygens (including phenoxy) is 3. The number of aliphatic hydroxyl groups excluding tert-OH is 1. The molecular weight excluding hydrogens is 552 g/mol. The molecule has 41 heavy (non-hydrogen) atoms. The fourth-order valence-electron chi connectivity index (χ4n) is 5.27. The average Bonchev–Trinajstić information content (AvgIpc) is 3.64. The zero-order valence-corrected chi connectivity index (χ0v) is 23.8. The van der Waals surface area contributed by atoms with E-state index < -0.39 is 34.4 Å². The van der Waals surface area contributed by atoms with E-state index >= 15 is 0 Å². The minimum atomic E-state index is -4.06. The molecule has 3 unspecified atom stereocenters. The summed E-state index contributed by atoms with van der Waals surface area (Å²) in [6, 6.07) is 12.7. The van der Waals surface area contributed by atoms with Gasteiger partial charge in [0.25, 0.3) is 6.01 Å². The van der Waals surface area contributed by atoms with Crippen LogP contribution in [0, 0.1) is 11.8 Å². The Morgan fingerprint density at radius 2 is 1.98 bits per heavy atom. The van der Waals surface area contributed by atoms with Crippen LogP contribution in [0.5, 0.6) is 0 Å². The van der Waals surface area contributed by atoms with E-state index in [1.165, 1.54) is 22.5 Å². The molecule has 0 aliphatic carbocycles. The van der Waals surface area contributed by atoms with Gasteiger partial charge in [0.15, 0.2) is 11.9 Å². The van der Waals surface area contributed by atoms with Crippen molar-refractivity contribution in [2.75, 3.05) is 32.0 Å². The molecule has 0 spiro atoms. The predicted molar refractivity (Wildman–Crippen MR) is 149 cm³/mol. The summed E-state index contributed by atoms with van der Waals surface area (Å²) in [7, 11) is -4.06. The molecule has 2 saturated heterocycles. The largest absolute Gasteiger partial charge is 0.443 e. The third-order valence-corrected chi connectivity index (χ3v) is 9.11. The van der Waals surface area contributed by atoms with E-state index in [2.05, 4.69) is 10.3 Å². The number of benzene rings is 2.